The number of ether oxygens (including phenoxy) is 4. The highest BCUT2D eigenvalue weighted by Crippen LogP contribution is 2.33. The second-order valence-electron chi connectivity index (χ2n) is 6.01. The molecule has 0 aliphatic rings. The number of carbonyl (C=O) groups is 1. The molecule has 0 aromatic heterocycles. The molecule has 0 radical (unpaired) electrons. The van der Waals surface area contributed by atoms with Gasteiger partial charge in [-0.3, -0.25) is 4.79 Å². The van der Waals surface area contributed by atoms with Gasteiger partial charge < -0.3 is 24.3 Å². The second kappa shape index (κ2) is 10.7. The van der Waals surface area contributed by atoms with Crippen LogP contribution in [0.1, 0.15) is 12.5 Å². The zero-order valence-electron chi connectivity index (χ0n) is 16.9. The summed E-state index contributed by atoms with van der Waals surface area (Å²) in [5.41, 5.74) is 1.07. The molecule has 6 nitrogen and oxygen atoms in total. The zero-order chi connectivity index (χ0) is 20.5. The molecule has 1 atom stereocenters. The van der Waals surface area contributed by atoms with Crippen molar-refractivity contribution in [1.29, 1.82) is 0 Å². The van der Waals surface area contributed by atoms with E-state index < -0.39 is 0 Å². The molecule has 0 saturated carbocycles. The smallest absolute Gasteiger partial charge is 0.233 e. The minimum Gasteiger partial charge on any atom is -0.493 e. The van der Waals surface area contributed by atoms with Crippen molar-refractivity contribution in [2.45, 2.75) is 23.5 Å². The minimum atomic E-state index is -0.233. The minimum absolute atomic E-state index is 0.0136. The van der Waals surface area contributed by atoms with Gasteiger partial charge in [-0.05, 0) is 49.2 Å². The molecule has 0 heterocycles. The first-order valence-corrected chi connectivity index (χ1v) is 9.77. The summed E-state index contributed by atoms with van der Waals surface area (Å²) in [5.74, 6) is 2.67. The van der Waals surface area contributed by atoms with Crippen LogP contribution in [-0.4, -0.2) is 46.1 Å². The fourth-order valence-electron chi connectivity index (χ4n) is 2.66. The second-order valence-corrected chi connectivity index (χ2v) is 7.42. The molecule has 2 aromatic rings. The molecule has 152 valence electrons. The third-order valence-electron chi connectivity index (χ3n) is 4.20. The molecule has 0 aliphatic carbocycles. The molecule has 1 N–H and O–H groups in total. The largest absolute Gasteiger partial charge is 0.493 e. The summed E-state index contributed by atoms with van der Waals surface area (Å²) < 4.78 is 21.1. The summed E-state index contributed by atoms with van der Waals surface area (Å²) in [6, 6.07) is 11.4. The van der Waals surface area contributed by atoms with Crippen LogP contribution in [0, 0.1) is 0 Å². The van der Waals surface area contributed by atoms with Crippen LogP contribution in [-0.2, 0) is 11.2 Å². The summed E-state index contributed by atoms with van der Waals surface area (Å²) in [4.78, 5) is 13.4. The predicted molar refractivity (Wildman–Crippen MR) is 111 cm³/mol. The summed E-state index contributed by atoms with van der Waals surface area (Å²) in [6.07, 6.45) is 0.708. The van der Waals surface area contributed by atoms with Gasteiger partial charge in [0.25, 0.3) is 0 Å². The lowest BCUT2D eigenvalue weighted by Crippen LogP contribution is -2.32. The molecule has 1 amide bonds. The zero-order valence-corrected chi connectivity index (χ0v) is 17.7. The number of hydrogen-bond donors (Lipinski definition) is 1. The molecule has 0 fully saturated rings. The van der Waals surface area contributed by atoms with Gasteiger partial charge in [0.1, 0.15) is 0 Å². The first kappa shape index (κ1) is 21.8. The first-order chi connectivity index (χ1) is 13.5. The predicted octanol–water partition coefficient (Wildman–Crippen LogP) is 3.56. The van der Waals surface area contributed by atoms with Crippen molar-refractivity contribution >= 4 is 17.7 Å². The maximum absolute atomic E-state index is 12.4. The van der Waals surface area contributed by atoms with Crippen LogP contribution in [0.15, 0.2) is 41.3 Å². The van der Waals surface area contributed by atoms with Crippen LogP contribution >= 0.6 is 11.8 Å². The third kappa shape index (κ3) is 5.73. The average molecular weight is 406 g/mol. The van der Waals surface area contributed by atoms with Crippen molar-refractivity contribution in [2.24, 2.45) is 0 Å². The average Bonchev–Trinajstić information content (AvgIpc) is 2.73. The third-order valence-corrected chi connectivity index (χ3v) is 5.29. The number of rotatable bonds is 10. The SMILES string of the molecule is COc1ccc(CCNC(=O)C(C)Sc2ccc(OC)c(OC)c2)cc1OC. The maximum atomic E-state index is 12.4. The van der Waals surface area contributed by atoms with E-state index in [1.54, 1.807) is 28.4 Å². The van der Waals surface area contributed by atoms with Crippen LogP contribution in [0.25, 0.3) is 0 Å². The number of hydrogen-bond acceptors (Lipinski definition) is 6. The van der Waals surface area contributed by atoms with E-state index >= 15 is 0 Å². The van der Waals surface area contributed by atoms with E-state index in [1.165, 1.54) is 11.8 Å². The summed E-state index contributed by atoms with van der Waals surface area (Å²) >= 11 is 1.47. The molecule has 28 heavy (non-hydrogen) atoms. The summed E-state index contributed by atoms with van der Waals surface area (Å²) in [6.45, 7) is 2.43. The van der Waals surface area contributed by atoms with Crippen LogP contribution in [0.3, 0.4) is 0 Å². The number of carbonyl (C=O) groups excluding carboxylic acids is 1. The fourth-order valence-corrected chi connectivity index (χ4v) is 3.58. The van der Waals surface area contributed by atoms with Crippen LogP contribution in [0.2, 0.25) is 0 Å². The van der Waals surface area contributed by atoms with Gasteiger partial charge in [0, 0.05) is 11.4 Å². The Morgan fingerprint density at radius 1 is 0.893 bits per heavy atom. The number of thioether (sulfide) groups is 1. The molecular formula is C21H27NO5S. The Kier molecular flexibility index (Phi) is 8.32. The van der Waals surface area contributed by atoms with Gasteiger partial charge in [-0.25, -0.2) is 0 Å². The van der Waals surface area contributed by atoms with E-state index in [0.717, 1.165) is 10.5 Å². The van der Waals surface area contributed by atoms with E-state index in [1.807, 2.05) is 43.3 Å². The normalized spacial score (nSPS) is 11.5. The highest BCUT2D eigenvalue weighted by atomic mass is 32.2. The Labute approximate surface area is 170 Å². The van der Waals surface area contributed by atoms with Crippen molar-refractivity contribution in [3.8, 4) is 23.0 Å². The number of benzene rings is 2. The van der Waals surface area contributed by atoms with E-state index in [4.69, 9.17) is 18.9 Å². The topological polar surface area (TPSA) is 66.0 Å². The molecular weight excluding hydrogens is 378 g/mol. The number of amides is 1. The molecule has 1 unspecified atom stereocenters. The van der Waals surface area contributed by atoms with E-state index in [9.17, 15) is 4.79 Å². The Hall–Kier alpha value is -2.54. The van der Waals surface area contributed by atoms with Crippen molar-refractivity contribution in [1.82, 2.24) is 5.32 Å². The molecule has 0 saturated heterocycles. The van der Waals surface area contributed by atoms with Gasteiger partial charge in [-0.15, -0.1) is 11.8 Å². The molecule has 0 aliphatic heterocycles. The lowest BCUT2D eigenvalue weighted by atomic mass is 10.1. The highest BCUT2D eigenvalue weighted by molar-refractivity contribution is 8.00. The van der Waals surface area contributed by atoms with Gasteiger partial charge in [-0.1, -0.05) is 6.07 Å². The van der Waals surface area contributed by atoms with Crippen LogP contribution in [0.5, 0.6) is 23.0 Å². The van der Waals surface area contributed by atoms with Crippen LogP contribution in [0.4, 0.5) is 0 Å². The van der Waals surface area contributed by atoms with Crippen molar-refractivity contribution in [3.05, 3.63) is 42.0 Å². The number of nitrogens with one attached hydrogen (secondary N) is 1. The van der Waals surface area contributed by atoms with Gasteiger partial charge in [-0.2, -0.15) is 0 Å². The van der Waals surface area contributed by atoms with E-state index in [2.05, 4.69) is 5.32 Å². The summed E-state index contributed by atoms with van der Waals surface area (Å²) in [7, 11) is 6.40. The van der Waals surface area contributed by atoms with Gasteiger partial charge in [0.2, 0.25) is 5.91 Å². The Morgan fingerprint density at radius 3 is 2.07 bits per heavy atom. The molecule has 2 rings (SSSR count). The number of methoxy groups -OCH3 is 4. The van der Waals surface area contributed by atoms with Crippen molar-refractivity contribution in [2.75, 3.05) is 35.0 Å². The first-order valence-electron chi connectivity index (χ1n) is 8.89. The maximum Gasteiger partial charge on any atom is 0.233 e. The molecule has 2 aromatic carbocycles. The molecule has 0 bridgehead atoms. The Balaban J connectivity index is 1.87. The highest BCUT2D eigenvalue weighted by Gasteiger charge is 2.15. The van der Waals surface area contributed by atoms with E-state index in [0.29, 0.717) is 36.0 Å². The standard InChI is InChI=1S/C21H27NO5S/c1-14(28-16-7-9-18(25-3)20(13-16)27-5)21(23)22-11-10-15-6-8-17(24-2)19(12-15)26-4/h6-9,12-14H,10-11H2,1-5H3,(H,22,23). The molecule has 0 spiro atoms. The Morgan fingerprint density at radius 2 is 1.46 bits per heavy atom. The van der Waals surface area contributed by atoms with E-state index in [-0.39, 0.29) is 11.2 Å². The van der Waals surface area contributed by atoms with Gasteiger partial charge >= 0.3 is 0 Å². The quantitative estimate of drug-likeness (QED) is 0.610. The van der Waals surface area contributed by atoms with Crippen molar-refractivity contribution < 1.29 is 23.7 Å². The fraction of sp³-hybridized carbons (Fsp3) is 0.381. The van der Waals surface area contributed by atoms with Crippen molar-refractivity contribution in [3.63, 3.8) is 0 Å². The molecule has 7 heteroatoms. The van der Waals surface area contributed by atoms with Crippen LogP contribution < -0.4 is 24.3 Å². The summed E-state index contributed by atoms with van der Waals surface area (Å²) in [5, 5.41) is 2.75. The van der Waals surface area contributed by atoms with Gasteiger partial charge in [0.15, 0.2) is 23.0 Å². The monoisotopic (exact) mass is 405 g/mol. The lowest BCUT2D eigenvalue weighted by molar-refractivity contribution is -0.120. The lowest BCUT2D eigenvalue weighted by Gasteiger charge is -2.14. The Bertz CT molecular complexity index is 796. The van der Waals surface area contributed by atoms with Gasteiger partial charge in [0.05, 0.1) is 33.7 Å².